The third kappa shape index (κ3) is 5.01. The number of ether oxygens (including phenoxy) is 1. The van der Waals surface area contributed by atoms with Gasteiger partial charge in [-0.2, -0.15) is 0 Å². The molecule has 11 heavy (non-hydrogen) atoms. The summed E-state index contributed by atoms with van der Waals surface area (Å²) in [4.78, 5) is 11.1. The van der Waals surface area contributed by atoms with Crippen molar-refractivity contribution in [3.8, 4) is 0 Å². The van der Waals surface area contributed by atoms with E-state index in [2.05, 4.69) is 15.9 Å². The van der Waals surface area contributed by atoms with Crippen molar-refractivity contribution >= 4 is 21.9 Å². The molecule has 0 N–H and O–H groups in total. The first-order valence-electron chi connectivity index (χ1n) is 3.40. The third-order valence-electron chi connectivity index (χ3n) is 0.973. The summed E-state index contributed by atoms with van der Waals surface area (Å²) in [6.45, 7) is 5.45. The van der Waals surface area contributed by atoms with Gasteiger partial charge in [0.1, 0.15) is 0 Å². The summed E-state index contributed by atoms with van der Waals surface area (Å²) in [6, 6.07) is 0. The van der Waals surface area contributed by atoms with Crippen LogP contribution in [0, 0.1) is 5.41 Å². The van der Waals surface area contributed by atoms with E-state index >= 15 is 0 Å². The predicted molar refractivity (Wildman–Crippen MR) is 48.5 cm³/mol. The highest BCUT2D eigenvalue weighted by atomic mass is 79.9. The monoisotopic (exact) mass is 220 g/mol. The lowest BCUT2D eigenvalue weighted by Gasteiger charge is -2.13. The molecule has 0 rings (SSSR count). The number of allylic oxidation sites excluding steroid dienone is 1. The number of rotatable bonds is 2. The Labute approximate surface area is 75.7 Å². The first-order valence-corrected chi connectivity index (χ1v) is 4.52. The Bertz CT molecular complexity index is 156. The molecule has 0 aromatic rings. The lowest BCUT2D eigenvalue weighted by molar-refractivity contribution is -0.146. The fourth-order valence-corrected chi connectivity index (χ4v) is 0.476. The minimum absolute atomic E-state index is 0.213. The fourth-order valence-electron chi connectivity index (χ4n) is 0.323. The number of carbonyl (C=O) groups is 1. The minimum atomic E-state index is -0.420. The standard InChI is InChI=1S/C8H13BrO2/c1-8(2,3)7(10)11-6-4-5-9/h4,6H,5H2,1-3H3/b6-4+. The lowest BCUT2D eigenvalue weighted by atomic mass is 9.98. The highest BCUT2D eigenvalue weighted by molar-refractivity contribution is 9.09. The van der Waals surface area contributed by atoms with Gasteiger partial charge in [-0.25, -0.2) is 0 Å². The van der Waals surface area contributed by atoms with E-state index in [1.165, 1.54) is 6.26 Å². The maximum absolute atomic E-state index is 11.1. The smallest absolute Gasteiger partial charge is 0.316 e. The number of hydrogen-bond acceptors (Lipinski definition) is 2. The molecule has 64 valence electrons. The van der Waals surface area contributed by atoms with E-state index in [4.69, 9.17) is 4.74 Å². The molecule has 0 amide bonds. The first-order chi connectivity index (χ1) is 4.98. The molecule has 0 aliphatic heterocycles. The maximum atomic E-state index is 11.1. The minimum Gasteiger partial charge on any atom is -0.434 e. The summed E-state index contributed by atoms with van der Waals surface area (Å²) in [7, 11) is 0. The van der Waals surface area contributed by atoms with Gasteiger partial charge in [0.25, 0.3) is 0 Å². The van der Waals surface area contributed by atoms with Gasteiger partial charge in [-0.1, -0.05) is 15.9 Å². The average Bonchev–Trinajstić information content (AvgIpc) is 1.86. The summed E-state index contributed by atoms with van der Waals surface area (Å²) >= 11 is 3.17. The molecule has 0 aliphatic carbocycles. The van der Waals surface area contributed by atoms with E-state index in [1.54, 1.807) is 6.08 Å². The van der Waals surface area contributed by atoms with Crippen molar-refractivity contribution in [2.24, 2.45) is 5.41 Å². The Balaban J connectivity index is 3.80. The molecule has 0 saturated carbocycles. The highest BCUT2D eigenvalue weighted by Gasteiger charge is 2.21. The summed E-state index contributed by atoms with van der Waals surface area (Å²) in [6.07, 6.45) is 3.13. The summed E-state index contributed by atoms with van der Waals surface area (Å²) in [5, 5.41) is 0.699. The van der Waals surface area contributed by atoms with Gasteiger partial charge in [-0.05, 0) is 26.8 Å². The predicted octanol–water partition coefficient (Wildman–Crippen LogP) is 2.48. The van der Waals surface area contributed by atoms with Gasteiger partial charge in [0, 0.05) is 5.33 Å². The number of hydrogen-bond donors (Lipinski definition) is 0. The zero-order chi connectivity index (χ0) is 8.91. The highest BCUT2D eigenvalue weighted by Crippen LogP contribution is 2.14. The van der Waals surface area contributed by atoms with Crippen molar-refractivity contribution in [3.63, 3.8) is 0 Å². The number of carbonyl (C=O) groups excluding carboxylic acids is 1. The average molecular weight is 221 g/mol. The molecule has 0 aliphatic rings. The quantitative estimate of drug-likeness (QED) is 0.406. The van der Waals surface area contributed by atoms with Crippen molar-refractivity contribution in [1.82, 2.24) is 0 Å². The van der Waals surface area contributed by atoms with Crippen LogP contribution in [0.2, 0.25) is 0 Å². The Hall–Kier alpha value is -0.310. The molecule has 0 aromatic carbocycles. The van der Waals surface area contributed by atoms with E-state index < -0.39 is 5.41 Å². The molecule has 3 heteroatoms. The van der Waals surface area contributed by atoms with Crippen LogP contribution < -0.4 is 0 Å². The first kappa shape index (κ1) is 10.7. The summed E-state index contributed by atoms with van der Waals surface area (Å²) < 4.78 is 4.80. The van der Waals surface area contributed by atoms with Crippen LogP contribution in [0.25, 0.3) is 0 Å². The normalized spacial score (nSPS) is 12.0. The van der Waals surface area contributed by atoms with Crippen molar-refractivity contribution in [1.29, 1.82) is 0 Å². The zero-order valence-corrected chi connectivity index (χ0v) is 8.64. The van der Waals surface area contributed by atoms with Crippen LogP contribution in [-0.2, 0) is 9.53 Å². The van der Waals surface area contributed by atoms with E-state index in [1.807, 2.05) is 20.8 Å². The summed E-state index contributed by atoms with van der Waals surface area (Å²) in [5.74, 6) is -0.213. The van der Waals surface area contributed by atoms with Crippen LogP contribution in [0.5, 0.6) is 0 Å². The van der Waals surface area contributed by atoms with E-state index in [-0.39, 0.29) is 5.97 Å². The van der Waals surface area contributed by atoms with Crippen molar-refractivity contribution < 1.29 is 9.53 Å². The second-order valence-electron chi connectivity index (χ2n) is 3.18. The SMILES string of the molecule is CC(C)(C)C(=O)O/C=C/CBr. The van der Waals surface area contributed by atoms with Gasteiger partial charge in [0.05, 0.1) is 11.7 Å². The van der Waals surface area contributed by atoms with Gasteiger partial charge in [0.2, 0.25) is 0 Å². The van der Waals surface area contributed by atoms with Gasteiger partial charge >= 0.3 is 5.97 Å². The zero-order valence-electron chi connectivity index (χ0n) is 7.06. The molecule has 0 fully saturated rings. The number of esters is 1. The van der Waals surface area contributed by atoms with Crippen LogP contribution in [0.15, 0.2) is 12.3 Å². The van der Waals surface area contributed by atoms with E-state index in [0.717, 1.165) is 0 Å². The Morgan fingerprint density at radius 2 is 2.09 bits per heavy atom. The topological polar surface area (TPSA) is 26.3 Å². The molecule has 0 unspecified atom stereocenters. The van der Waals surface area contributed by atoms with Crippen molar-refractivity contribution in [2.75, 3.05) is 5.33 Å². The van der Waals surface area contributed by atoms with E-state index in [9.17, 15) is 4.79 Å². The largest absolute Gasteiger partial charge is 0.434 e. The van der Waals surface area contributed by atoms with Crippen LogP contribution in [0.4, 0.5) is 0 Å². The van der Waals surface area contributed by atoms with Crippen LogP contribution in [-0.4, -0.2) is 11.3 Å². The van der Waals surface area contributed by atoms with Crippen LogP contribution in [0.1, 0.15) is 20.8 Å². The Morgan fingerprint density at radius 1 is 1.55 bits per heavy atom. The van der Waals surface area contributed by atoms with Gasteiger partial charge in [-0.15, -0.1) is 0 Å². The molecule has 2 nitrogen and oxygen atoms in total. The Kier molecular flexibility index (Phi) is 4.42. The molecule has 0 heterocycles. The molecular formula is C8H13BrO2. The molecular weight excluding hydrogens is 208 g/mol. The second kappa shape index (κ2) is 4.54. The second-order valence-corrected chi connectivity index (χ2v) is 3.83. The number of alkyl halides is 1. The maximum Gasteiger partial charge on any atom is 0.316 e. The lowest BCUT2D eigenvalue weighted by Crippen LogP contribution is -2.20. The molecule has 0 saturated heterocycles. The van der Waals surface area contributed by atoms with E-state index in [0.29, 0.717) is 5.33 Å². The molecule has 0 aromatic heterocycles. The Morgan fingerprint density at radius 3 is 2.45 bits per heavy atom. The van der Waals surface area contributed by atoms with Crippen LogP contribution in [0.3, 0.4) is 0 Å². The van der Waals surface area contributed by atoms with Crippen molar-refractivity contribution in [2.45, 2.75) is 20.8 Å². The number of halogens is 1. The molecule has 0 atom stereocenters. The van der Waals surface area contributed by atoms with Gasteiger partial charge < -0.3 is 4.74 Å². The van der Waals surface area contributed by atoms with Crippen LogP contribution >= 0.6 is 15.9 Å². The molecule has 0 radical (unpaired) electrons. The molecule has 0 spiro atoms. The summed E-state index contributed by atoms with van der Waals surface area (Å²) in [5.41, 5.74) is -0.420. The molecule has 0 bridgehead atoms. The van der Waals surface area contributed by atoms with Gasteiger partial charge in [-0.3, -0.25) is 4.79 Å². The fraction of sp³-hybridized carbons (Fsp3) is 0.625. The van der Waals surface area contributed by atoms with Gasteiger partial charge in [0.15, 0.2) is 0 Å². The third-order valence-corrected chi connectivity index (χ3v) is 1.35. The van der Waals surface area contributed by atoms with Crippen molar-refractivity contribution in [3.05, 3.63) is 12.3 Å².